The van der Waals surface area contributed by atoms with Gasteiger partial charge in [0.05, 0.1) is 0 Å². The maximum atomic E-state index is 14.3. The molecular weight excluding hydrogens is 628 g/mol. The average molecular weight is 667 g/mol. The Bertz CT molecular complexity index is 1840. The molecular formula is C36H38N6O7. The molecule has 0 radical (unpaired) electrons. The zero-order chi connectivity index (χ0) is 34.5. The van der Waals surface area contributed by atoms with Gasteiger partial charge in [-0.05, 0) is 54.2 Å². The first kappa shape index (κ1) is 33.2. The highest BCUT2D eigenvalue weighted by atomic mass is 16.4. The van der Waals surface area contributed by atoms with Gasteiger partial charge >= 0.3 is 5.97 Å². The van der Waals surface area contributed by atoms with E-state index in [1.54, 1.807) is 42.6 Å². The number of hydrazine groups is 1. The summed E-state index contributed by atoms with van der Waals surface area (Å²) in [6.45, 7) is -0.549. The molecule has 0 aliphatic carbocycles. The molecule has 0 unspecified atom stereocenters. The number of hydrogen-bond donors (Lipinski definition) is 6. The second-order valence-electron chi connectivity index (χ2n) is 12.4. The molecule has 0 saturated carbocycles. The third-order valence-electron chi connectivity index (χ3n) is 9.01. The Hall–Kier alpha value is -5.69. The number of aromatic amines is 1. The number of aliphatic carboxylic acids is 1. The van der Waals surface area contributed by atoms with Crippen molar-refractivity contribution < 1.29 is 34.2 Å². The van der Waals surface area contributed by atoms with Crippen molar-refractivity contribution in [3.63, 3.8) is 0 Å². The minimum Gasteiger partial charge on any atom is -0.508 e. The summed E-state index contributed by atoms with van der Waals surface area (Å²) in [6.07, 6.45) is 2.80. The van der Waals surface area contributed by atoms with Crippen LogP contribution in [0.15, 0.2) is 85.1 Å². The van der Waals surface area contributed by atoms with Crippen LogP contribution in [0.5, 0.6) is 5.75 Å². The molecule has 1 aromatic heterocycles. The van der Waals surface area contributed by atoms with E-state index in [4.69, 9.17) is 0 Å². The van der Waals surface area contributed by atoms with Crippen LogP contribution in [0, 0.1) is 0 Å². The molecule has 13 nitrogen and oxygen atoms in total. The predicted molar refractivity (Wildman–Crippen MR) is 179 cm³/mol. The zero-order valence-electron chi connectivity index (χ0n) is 26.7. The van der Waals surface area contributed by atoms with Crippen LogP contribution in [-0.2, 0) is 43.2 Å². The molecule has 3 aromatic carbocycles. The number of phenolic OH excluding ortho intramolecular Hbond substituents is 1. The van der Waals surface area contributed by atoms with Crippen molar-refractivity contribution in [1.82, 2.24) is 31.0 Å². The summed E-state index contributed by atoms with van der Waals surface area (Å²) in [5.74, 6) is -3.70. The summed E-state index contributed by atoms with van der Waals surface area (Å²) in [6, 6.07) is 18.3. The molecule has 4 amide bonds. The quantitative estimate of drug-likeness (QED) is 0.164. The summed E-state index contributed by atoms with van der Waals surface area (Å²) in [4.78, 5) is 73.4. The molecule has 49 heavy (non-hydrogen) atoms. The number of aromatic hydroxyl groups is 1. The van der Waals surface area contributed by atoms with Gasteiger partial charge in [0.1, 0.15) is 36.5 Å². The van der Waals surface area contributed by atoms with E-state index >= 15 is 0 Å². The third-order valence-corrected chi connectivity index (χ3v) is 9.01. The molecule has 2 aliphatic heterocycles. The fraction of sp³-hybridized carbons (Fsp3) is 0.306. The normalized spacial score (nSPS) is 22.1. The number of aromatic nitrogens is 1. The fourth-order valence-corrected chi connectivity index (χ4v) is 6.58. The number of carboxylic acids is 1. The first-order valence-corrected chi connectivity index (χ1v) is 16.2. The van der Waals surface area contributed by atoms with E-state index in [2.05, 4.69) is 21.0 Å². The van der Waals surface area contributed by atoms with Crippen LogP contribution in [0.2, 0.25) is 0 Å². The zero-order valence-corrected chi connectivity index (χ0v) is 26.7. The summed E-state index contributed by atoms with van der Waals surface area (Å²) in [5.41, 5.74) is 5.83. The largest absolute Gasteiger partial charge is 0.508 e. The number of benzene rings is 3. The van der Waals surface area contributed by atoms with E-state index in [1.165, 1.54) is 17.0 Å². The van der Waals surface area contributed by atoms with Gasteiger partial charge in [0.2, 0.25) is 17.7 Å². The minimum atomic E-state index is -1.33. The molecule has 4 atom stereocenters. The molecule has 0 spiro atoms. The second-order valence-corrected chi connectivity index (χ2v) is 12.4. The SMILES string of the molecule is O=C(O)CN1N[C@@H](Cc2ccc(O)cc2)C(=O)N2CCC[C@@H]2C(=O)N[C@@H](Cc2c[nH]c3ccccc23)C(=O)N[C@@H](Cc2ccccc2)C1=O. The standard InChI is InChI=1S/C36H38N6O7/c43-25-14-12-23(13-15-25)18-30-35(48)41-16-6-11-31(41)34(47)38-28(19-24-20-37-27-10-5-4-9-26(24)27)33(46)39-29(17-22-7-2-1-3-8-22)36(49)42(40-30)21-32(44)45/h1-5,7-10,12-15,20,28-31,37,40,43H,6,11,16-19,21H2,(H,38,47)(H,39,46)(H,44,45)/t28-,29-,30-,31+/m0/s1. The van der Waals surface area contributed by atoms with E-state index in [0.717, 1.165) is 21.5 Å². The van der Waals surface area contributed by atoms with Crippen molar-refractivity contribution in [2.24, 2.45) is 0 Å². The third kappa shape index (κ3) is 7.73. The number of nitrogens with one attached hydrogen (secondary N) is 4. The maximum Gasteiger partial charge on any atom is 0.324 e. The Kier molecular flexibility index (Phi) is 9.90. The van der Waals surface area contributed by atoms with Crippen molar-refractivity contribution in [2.75, 3.05) is 13.1 Å². The summed E-state index contributed by atoms with van der Waals surface area (Å²) >= 11 is 0. The highest BCUT2D eigenvalue weighted by molar-refractivity contribution is 5.97. The van der Waals surface area contributed by atoms with E-state index in [0.29, 0.717) is 24.0 Å². The van der Waals surface area contributed by atoms with E-state index < -0.39 is 60.3 Å². The topological polar surface area (TPSA) is 184 Å². The van der Waals surface area contributed by atoms with Crippen LogP contribution in [0.3, 0.4) is 0 Å². The number of amides is 4. The number of carbonyl (C=O) groups excluding carboxylic acids is 4. The van der Waals surface area contributed by atoms with Crippen molar-refractivity contribution >= 4 is 40.5 Å². The van der Waals surface area contributed by atoms with Crippen molar-refractivity contribution in [2.45, 2.75) is 56.3 Å². The number of carbonyl (C=O) groups is 5. The number of hydrogen-bond acceptors (Lipinski definition) is 7. The van der Waals surface area contributed by atoms with Gasteiger partial charge in [-0.15, -0.1) is 0 Å². The van der Waals surface area contributed by atoms with E-state index in [-0.39, 0.29) is 31.6 Å². The monoisotopic (exact) mass is 666 g/mol. The Labute approximate surface area is 282 Å². The predicted octanol–water partition coefficient (Wildman–Crippen LogP) is 1.66. The number of para-hydroxylation sites is 1. The Morgan fingerprint density at radius 3 is 2.18 bits per heavy atom. The average Bonchev–Trinajstić information content (AvgIpc) is 3.75. The Morgan fingerprint density at radius 1 is 0.755 bits per heavy atom. The molecule has 4 aromatic rings. The molecule has 2 aliphatic rings. The van der Waals surface area contributed by atoms with Crippen LogP contribution in [0.25, 0.3) is 10.9 Å². The van der Waals surface area contributed by atoms with Gasteiger partial charge in [-0.1, -0.05) is 60.7 Å². The lowest BCUT2D eigenvalue weighted by molar-refractivity contribution is -0.151. The number of phenols is 1. The van der Waals surface area contributed by atoms with E-state index in [1.807, 2.05) is 30.3 Å². The molecule has 6 rings (SSSR count). The Morgan fingerprint density at radius 2 is 1.43 bits per heavy atom. The molecule has 3 heterocycles. The summed E-state index contributed by atoms with van der Waals surface area (Å²) in [7, 11) is 0. The number of carboxylic acid groups (broad SMARTS) is 1. The van der Waals surface area contributed by atoms with Gasteiger partial charge in [0.25, 0.3) is 5.91 Å². The lowest BCUT2D eigenvalue weighted by atomic mass is 10.0. The number of fused-ring (bicyclic) bond motifs is 2. The van der Waals surface area contributed by atoms with Crippen LogP contribution >= 0.6 is 0 Å². The number of H-pyrrole nitrogens is 1. The molecule has 6 N–H and O–H groups in total. The molecule has 2 fully saturated rings. The van der Waals surface area contributed by atoms with Crippen LogP contribution in [-0.4, -0.2) is 92.0 Å². The van der Waals surface area contributed by atoms with Crippen molar-refractivity contribution in [1.29, 1.82) is 0 Å². The van der Waals surface area contributed by atoms with E-state index in [9.17, 15) is 34.2 Å². The van der Waals surface area contributed by atoms with Gasteiger partial charge in [0, 0.05) is 36.5 Å². The van der Waals surface area contributed by atoms with Gasteiger partial charge in [-0.25, -0.2) is 5.43 Å². The Balaban J connectivity index is 1.41. The first-order valence-electron chi connectivity index (χ1n) is 16.2. The first-order chi connectivity index (χ1) is 23.7. The highest BCUT2D eigenvalue weighted by Gasteiger charge is 2.41. The van der Waals surface area contributed by atoms with Gasteiger partial charge in [-0.3, -0.25) is 29.0 Å². The second kappa shape index (κ2) is 14.6. The molecule has 2 saturated heterocycles. The van der Waals surface area contributed by atoms with Crippen molar-refractivity contribution in [3.05, 3.63) is 102 Å². The van der Waals surface area contributed by atoms with Gasteiger partial charge in [-0.2, -0.15) is 0 Å². The number of rotatable bonds is 8. The molecule has 0 bridgehead atoms. The smallest absolute Gasteiger partial charge is 0.324 e. The van der Waals surface area contributed by atoms with Gasteiger partial charge in [0.15, 0.2) is 0 Å². The fourth-order valence-electron chi connectivity index (χ4n) is 6.58. The van der Waals surface area contributed by atoms with Crippen LogP contribution in [0.4, 0.5) is 0 Å². The molecule has 254 valence electrons. The summed E-state index contributed by atoms with van der Waals surface area (Å²) in [5, 5.41) is 27.1. The van der Waals surface area contributed by atoms with Crippen molar-refractivity contribution in [3.8, 4) is 5.75 Å². The maximum absolute atomic E-state index is 14.3. The lowest BCUT2D eigenvalue weighted by Crippen LogP contribution is -2.61. The van der Waals surface area contributed by atoms with Crippen LogP contribution < -0.4 is 16.1 Å². The minimum absolute atomic E-state index is 0.0162. The van der Waals surface area contributed by atoms with Crippen LogP contribution in [0.1, 0.15) is 29.5 Å². The highest BCUT2D eigenvalue weighted by Crippen LogP contribution is 2.23. The van der Waals surface area contributed by atoms with Gasteiger partial charge < -0.3 is 30.7 Å². The summed E-state index contributed by atoms with van der Waals surface area (Å²) < 4.78 is 0. The number of nitrogens with zero attached hydrogens (tertiary/aromatic N) is 2. The lowest BCUT2D eigenvalue weighted by Gasteiger charge is -2.33. The molecule has 13 heteroatoms.